The first-order chi connectivity index (χ1) is 9.31. The molecule has 0 saturated heterocycles. The molecule has 1 N–H and O–H groups in total. The van der Waals surface area contributed by atoms with Crippen LogP contribution in [0.4, 0.5) is 0 Å². The normalized spacial score (nSPS) is 21.9. The van der Waals surface area contributed by atoms with E-state index in [-0.39, 0.29) is 0 Å². The van der Waals surface area contributed by atoms with Gasteiger partial charge in [-0.1, -0.05) is 28.1 Å². The molecule has 1 fully saturated rings. The zero-order valence-corrected chi connectivity index (χ0v) is 12.3. The molecule has 0 bridgehead atoms. The summed E-state index contributed by atoms with van der Waals surface area (Å²) in [6.45, 7) is 0.943. The number of pyridine rings is 1. The van der Waals surface area contributed by atoms with Crippen molar-refractivity contribution < 1.29 is 0 Å². The molecule has 19 heavy (non-hydrogen) atoms. The molecule has 0 spiro atoms. The number of benzene rings is 1. The van der Waals surface area contributed by atoms with Gasteiger partial charge < -0.3 is 5.32 Å². The Hall–Kier alpha value is -1.19. The lowest BCUT2D eigenvalue weighted by Gasteiger charge is -2.36. The van der Waals surface area contributed by atoms with Gasteiger partial charge in [0.2, 0.25) is 0 Å². The van der Waals surface area contributed by atoms with E-state index in [4.69, 9.17) is 0 Å². The van der Waals surface area contributed by atoms with Gasteiger partial charge >= 0.3 is 0 Å². The topological polar surface area (TPSA) is 24.9 Å². The van der Waals surface area contributed by atoms with Crippen LogP contribution in [0.15, 0.2) is 53.3 Å². The smallest absolute Gasteiger partial charge is 0.0271 e. The fourth-order valence-electron chi connectivity index (χ4n) is 2.58. The minimum absolute atomic E-state index is 0.650. The molecular weight excluding hydrogens is 300 g/mol. The van der Waals surface area contributed by atoms with Crippen molar-refractivity contribution in [2.45, 2.75) is 31.3 Å². The lowest BCUT2D eigenvalue weighted by atomic mass is 9.76. The SMILES string of the molecule is Brc1cccc(C2CC(NCc3ccncc3)C2)c1. The Morgan fingerprint density at radius 2 is 1.95 bits per heavy atom. The van der Waals surface area contributed by atoms with Crippen LogP contribution >= 0.6 is 15.9 Å². The quantitative estimate of drug-likeness (QED) is 0.926. The van der Waals surface area contributed by atoms with Gasteiger partial charge in [-0.3, -0.25) is 4.98 Å². The summed E-state index contributed by atoms with van der Waals surface area (Å²) in [5.41, 5.74) is 2.76. The van der Waals surface area contributed by atoms with Gasteiger partial charge in [-0.15, -0.1) is 0 Å². The number of halogens is 1. The second-order valence-corrected chi connectivity index (χ2v) is 6.07. The molecule has 0 amide bonds. The first-order valence-corrected chi connectivity index (χ1v) is 7.48. The number of nitrogens with one attached hydrogen (secondary N) is 1. The Bertz CT molecular complexity index is 535. The summed E-state index contributed by atoms with van der Waals surface area (Å²) in [6, 6.07) is 13.5. The molecule has 2 nitrogen and oxygen atoms in total. The van der Waals surface area contributed by atoms with Gasteiger partial charge in [0.05, 0.1) is 0 Å². The summed E-state index contributed by atoms with van der Waals surface area (Å²) >= 11 is 3.54. The van der Waals surface area contributed by atoms with Crippen LogP contribution < -0.4 is 5.32 Å². The molecule has 0 unspecified atom stereocenters. The Kier molecular flexibility index (Phi) is 3.95. The molecule has 0 atom stereocenters. The second kappa shape index (κ2) is 5.85. The van der Waals surface area contributed by atoms with E-state index in [0.717, 1.165) is 6.54 Å². The molecular formula is C16H17BrN2. The van der Waals surface area contributed by atoms with Gasteiger partial charge in [0.25, 0.3) is 0 Å². The molecule has 0 aliphatic heterocycles. The third-order valence-electron chi connectivity index (χ3n) is 3.80. The van der Waals surface area contributed by atoms with Crippen LogP contribution in [-0.2, 0) is 6.54 Å². The van der Waals surface area contributed by atoms with Crippen LogP contribution in [0.25, 0.3) is 0 Å². The first-order valence-electron chi connectivity index (χ1n) is 6.69. The fraction of sp³-hybridized carbons (Fsp3) is 0.312. The largest absolute Gasteiger partial charge is 0.310 e. The maximum Gasteiger partial charge on any atom is 0.0271 e. The van der Waals surface area contributed by atoms with E-state index < -0.39 is 0 Å². The monoisotopic (exact) mass is 316 g/mol. The highest BCUT2D eigenvalue weighted by Gasteiger charge is 2.29. The maximum atomic E-state index is 4.03. The van der Waals surface area contributed by atoms with Crippen molar-refractivity contribution in [3.8, 4) is 0 Å². The molecule has 1 heterocycles. The van der Waals surface area contributed by atoms with E-state index in [2.05, 4.69) is 62.6 Å². The number of aromatic nitrogens is 1. The summed E-state index contributed by atoms with van der Waals surface area (Å²) in [7, 11) is 0. The van der Waals surface area contributed by atoms with Crippen molar-refractivity contribution >= 4 is 15.9 Å². The van der Waals surface area contributed by atoms with E-state index in [1.54, 1.807) is 0 Å². The standard InChI is InChI=1S/C16H17BrN2/c17-15-3-1-2-13(8-15)14-9-16(10-14)19-11-12-4-6-18-7-5-12/h1-8,14,16,19H,9-11H2. The Labute approximate surface area is 122 Å². The van der Waals surface area contributed by atoms with Crippen molar-refractivity contribution in [3.63, 3.8) is 0 Å². The van der Waals surface area contributed by atoms with E-state index in [0.29, 0.717) is 12.0 Å². The zero-order chi connectivity index (χ0) is 13.1. The Morgan fingerprint density at radius 3 is 2.68 bits per heavy atom. The van der Waals surface area contributed by atoms with Gasteiger partial charge in [-0.2, -0.15) is 0 Å². The molecule has 2 aromatic rings. The van der Waals surface area contributed by atoms with E-state index in [9.17, 15) is 0 Å². The van der Waals surface area contributed by atoms with Gasteiger partial charge in [-0.05, 0) is 54.2 Å². The number of nitrogens with zero attached hydrogens (tertiary/aromatic N) is 1. The molecule has 1 aliphatic carbocycles. The van der Waals surface area contributed by atoms with Crippen molar-refractivity contribution in [3.05, 3.63) is 64.4 Å². The van der Waals surface area contributed by atoms with Gasteiger partial charge in [-0.25, -0.2) is 0 Å². The lowest BCUT2D eigenvalue weighted by Crippen LogP contribution is -2.39. The molecule has 3 heteroatoms. The van der Waals surface area contributed by atoms with Crippen LogP contribution in [0.5, 0.6) is 0 Å². The van der Waals surface area contributed by atoms with E-state index in [1.165, 1.54) is 28.4 Å². The van der Waals surface area contributed by atoms with Crippen molar-refractivity contribution in [2.75, 3.05) is 0 Å². The minimum atomic E-state index is 0.650. The summed E-state index contributed by atoms with van der Waals surface area (Å²) in [4.78, 5) is 4.03. The lowest BCUT2D eigenvalue weighted by molar-refractivity contribution is 0.289. The second-order valence-electron chi connectivity index (χ2n) is 5.16. The fourth-order valence-corrected chi connectivity index (χ4v) is 3.00. The van der Waals surface area contributed by atoms with Crippen LogP contribution in [0.2, 0.25) is 0 Å². The van der Waals surface area contributed by atoms with Crippen molar-refractivity contribution in [2.24, 2.45) is 0 Å². The van der Waals surface area contributed by atoms with Gasteiger partial charge in [0.1, 0.15) is 0 Å². The molecule has 0 radical (unpaired) electrons. The number of hydrogen-bond acceptors (Lipinski definition) is 2. The van der Waals surface area contributed by atoms with Crippen LogP contribution in [-0.4, -0.2) is 11.0 Å². The number of hydrogen-bond donors (Lipinski definition) is 1. The summed E-state index contributed by atoms with van der Waals surface area (Å²) in [5.74, 6) is 0.715. The average molecular weight is 317 g/mol. The van der Waals surface area contributed by atoms with Crippen LogP contribution in [0, 0.1) is 0 Å². The first kappa shape index (κ1) is 12.8. The molecule has 1 aliphatic rings. The van der Waals surface area contributed by atoms with Gasteiger partial charge in [0.15, 0.2) is 0 Å². The van der Waals surface area contributed by atoms with Gasteiger partial charge in [0, 0.05) is 29.5 Å². The average Bonchev–Trinajstić information content (AvgIpc) is 2.38. The molecule has 98 valence electrons. The maximum absolute atomic E-state index is 4.03. The van der Waals surface area contributed by atoms with E-state index >= 15 is 0 Å². The van der Waals surface area contributed by atoms with Crippen LogP contribution in [0.3, 0.4) is 0 Å². The highest BCUT2D eigenvalue weighted by Crippen LogP contribution is 2.37. The zero-order valence-electron chi connectivity index (χ0n) is 10.7. The van der Waals surface area contributed by atoms with E-state index in [1.807, 2.05) is 12.4 Å². The van der Waals surface area contributed by atoms with Crippen molar-refractivity contribution in [1.29, 1.82) is 0 Å². The minimum Gasteiger partial charge on any atom is -0.310 e. The third-order valence-corrected chi connectivity index (χ3v) is 4.30. The van der Waals surface area contributed by atoms with Crippen LogP contribution in [0.1, 0.15) is 29.9 Å². The third kappa shape index (κ3) is 3.23. The Balaban J connectivity index is 1.48. The highest BCUT2D eigenvalue weighted by molar-refractivity contribution is 9.10. The highest BCUT2D eigenvalue weighted by atomic mass is 79.9. The Morgan fingerprint density at radius 1 is 1.16 bits per heavy atom. The summed E-state index contributed by atoms with van der Waals surface area (Å²) in [6.07, 6.45) is 6.17. The molecule has 1 aromatic heterocycles. The predicted molar refractivity (Wildman–Crippen MR) is 81.0 cm³/mol. The summed E-state index contributed by atoms with van der Waals surface area (Å²) < 4.78 is 1.18. The number of rotatable bonds is 4. The summed E-state index contributed by atoms with van der Waals surface area (Å²) in [5, 5.41) is 3.61. The molecule has 3 rings (SSSR count). The predicted octanol–water partition coefficient (Wildman–Crippen LogP) is 3.88. The molecule has 1 aromatic carbocycles. The van der Waals surface area contributed by atoms with Crippen molar-refractivity contribution in [1.82, 2.24) is 10.3 Å². The molecule has 1 saturated carbocycles.